The molecule has 1 saturated heterocycles. The van der Waals surface area contributed by atoms with Gasteiger partial charge in [0.25, 0.3) is 0 Å². The molecule has 18 heavy (non-hydrogen) atoms. The van der Waals surface area contributed by atoms with Crippen molar-refractivity contribution in [3.63, 3.8) is 0 Å². The number of hydrogen-bond acceptors (Lipinski definition) is 4. The fourth-order valence-electron chi connectivity index (χ4n) is 1.75. The normalized spacial score (nSPS) is 16.3. The van der Waals surface area contributed by atoms with Crippen molar-refractivity contribution < 1.29 is 24.2 Å². The van der Waals surface area contributed by atoms with E-state index in [1.807, 2.05) is 0 Å². The summed E-state index contributed by atoms with van der Waals surface area (Å²) < 4.78 is 10.0. The van der Waals surface area contributed by atoms with Crippen LogP contribution in [0, 0.1) is 0 Å². The molecule has 0 aromatic heterocycles. The van der Waals surface area contributed by atoms with E-state index in [2.05, 4.69) is 5.32 Å². The third-order valence-corrected chi connectivity index (χ3v) is 2.81. The Morgan fingerprint density at radius 1 is 1.44 bits per heavy atom. The molecule has 0 spiro atoms. The van der Waals surface area contributed by atoms with Gasteiger partial charge in [0.15, 0.2) is 0 Å². The highest BCUT2D eigenvalue weighted by molar-refractivity contribution is 5.74. The van der Waals surface area contributed by atoms with Crippen LogP contribution in [0.3, 0.4) is 0 Å². The molecule has 0 unspecified atom stereocenters. The van der Waals surface area contributed by atoms with E-state index >= 15 is 0 Å². The van der Waals surface area contributed by atoms with Crippen LogP contribution in [0.2, 0.25) is 0 Å². The predicted octanol–water partition coefficient (Wildman–Crippen LogP) is -0.0920. The number of rotatable bonds is 6. The van der Waals surface area contributed by atoms with Crippen LogP contribution in [-0.4, -0.2) is 68.1 Å². The maximum Gasteiger partial charge on any atom is 0.329 e. The van der Waals surface area contributed by atoms with Crippen molar-refractivity contribution in [1.29, 1.82) is 0 Å². The van der Waals surface area contributed by atoms with Crippen LogP contribution < -0.4 is 5.32 Å². The van der Waals surface area contributed by atoms with E-state index in [0.717, 1.165) is 12.8 Å². The fraction of sp³-hybridized carbons (Fsp3) is 0.818. The standard InChI is InChI=1S/C11H20N2O5/c1-13(9-2-5-17-6-3-9)11(16)12-4-7-18-8-10(14)15/h9H,2-8H2,1H3,(H,12,16)(H,14,15). The Balaban J connectivity index is 2.13. The number of carboxylic acids is 1. The maximum atomic E-state index is 11.7. The molecule has 104 valence electrons. The van der Waals surface area contributed by atoms with Crippen molar-refractivity contribution in [2.75, 3.05) is 40.0 Å². The van der Waals surface area contributed by atoms with Gasteiger partial charge < -0.3 is 24.8 Å². The lowest BCUT2D eigenvalue weighted by atomic mass is 10.1. The van der Waals surface area contributed by atoms with Crippen molar-refractivity contribution in [1.82, 2.24) is 10.2 Å². The van der Waals surface area contributed by atoms with Gasteiger partial charge in [-0.05, 0) is 12.8 Å². The molecule has 0 aliphatic carbocycles. The van der Waals surface area contributed by atoms with Gasteiger partial charge in [0.2, 0.25) is 0 Å². The molecule has 1 rings (SSSR count). The minimum absolute atomic E-state index is 0.166. The van der Waals surface area contributed by atoms with Crippen LogP contribution >= 0.6 is 0 Å². The van der Waals surface area contributed by atoms with Gasteiger partial charge in [-0.15, -0.1) is 0 Å². The molecular weight excluding hydrogens is 240 g/mol. The van der Waals surface area contributed by atoms with Crippen molar-refractivity contribution >= 4 is 12.0 Å². The molecule has 0 radical (unpaired) electrons. The van der Waals surface area contributed by atoms with Gasteiger partial charge >= 0.3 is 12.0 Å². The highest BCUT2D eigenvalue weighted by atomic mass is 16.5. The van der Waals surface area contributed by atoms with Crippen LogP contribution in [0.15, 0.2) is 0 Å². The number of urea groups is 1. The second-order valence-electron chi connectivity index (χ2n) is 4.13. The molecule has 2 amide bonds. The molecule has 1 fully saturated rings. The average Bonchev–Trinajstić information content (AvgIpc) is 2.38. The van der Waals surface area contributed by atoms with Gasteiger partial charge in [-0.2, -0.15) is 0 Å². The molecule has 0 saturated carbocycles. The first-order valence-corrected chi connectivity index (χ1v) is 5.99. The smallest absolute Gasteiger partial charge is 0.329 e. The number of amides is 2. The maximum absolute atomic E-state index is 11.7. The van der Waals surface area contributed by atoms with Gasteiger partial charge in [0, 0.05) is 32.8 Å². The molecule has 7 nitrogen and oxygen atoms in total. The van der Waals surface area contributed by atoms with Crippen LogP contribution in [-0.2, 0) is 14.3 Å². The van der Waals surface area contributed by atoms with Gasteiger partial charge in [-0.25, -0.2) is 9.59 Å². The van der Waals surface area contributed by atoms with Crippen molar-refractivity contribution in [2.24, 2.45) is 0 Å². The molecule has 2 N–H and O–H groups in total. The van der Waals surface area contributed by atoms with Crippen LogP contribution in [0.4, 0.5) is 4.79 Å². The predicted molar refractivity (Wildman–Crippen MR) is 63.5 cm³/mol. The van der Waals surface area contributed by atoms with Crippen molar-refractivity contribution in [2.45, 2.75) is 18.9 Å². The summed E-state index contributed by atoms with van der Waals surface area (Å²) in [6.45, 7) is 1.53. The summed E-state index contributed by atoms with van der Waals surface area (Å²) in [5.41, 5.74) is 0. The van der Waals surface area contributed by atoms with E-state index in [1.54, 1.807) is 11.9 Å². The highest BCUT2D eigenvalue weighted by Gasteiger charge is 2.21. The van der Waals surface area contributed by atoms with E-state index in [4.69, 9.17) is 14.6 Å². The summed E-state index contributed by atoms with van der Waals surface area (Å²) in [6.07, 6.45) is 1.69. The Hall–Kier alpha value is -1.34. The Morgan fingerprint density at radius 2 is 2.11 bits per heavy atom. The molecule has 1 aliphatic rings. The number of ether oxygens (including phenoxy) is 2. The zero-order chi connectivity index (χ0) is 13.4. The van der Waals surface area contributed by atoms with Gasteiger partial charge in [0.1, 0.15) is 6.61 Å². The third kappa shape index (κ3) is 5.33. The summed E-state index contributed by atoms with van der Waals surface area (Å²) in [5.74, 6) is -1.01. The lowest BCUT2D eigenvalue weighted by Gasteiger charge is -2.31. The number of hydrogen-bond donors (Lipinski definition) is 2. The Kier molecular flexibility index (Phi) is 6.45. The first-order chi connectivity index (χ1) is 8.61. The second-order valence-corrected chi connectivity index (χ2v) is 4.13. The van der Waals surface area contributed by atoms with Crippen LogP contribution in [0.25, 0.3) is 0 Å². The van der Waals surface area contributed by atoms with Crippen LogP contribution in [0.5, 0.6) is 0 Å². The minimum Gasteiger partial charge on any atom is -0.480 e. The largest absolute Gasteiger partial charge is 0.480 e. The monoisotopic (exact) mass is 260 g/mol. The lowest BCUT2D eigenvalue weighted by molar-refractivity contribution is -0.142. The quantitative estimate of drug-likeness (QED) is 0.651. The van der Waals surface area contributed by atoms with Gasteiger partial charge in [-0.3, -0.25) is 0 Å². The van der Waals surface area contributed by atoms with E-state index in [-0.39, 0.29) is 25.3 Å². The molecular formula is C11H20N2O5. The number of carboxylic acid groups (broad SMARTS) is 1. The van der Waals surface area contributed by atoms with E-state index in [0.29, 0.717) is 19.8 Å². The van der Waals surface area contributed by atoms with Gasteiger partial charge in [0.05, 0.1) is 6.61 Å². The first kappa shape index (κ1) is 14.7. The van der Waals surface area contributed by atoms with Crippen LogP contribution in [0.1, 0.15) is 12.8 Å². The zero-order valence-corrected chi connectivity index (χ0v) is 10.6. The number of nitrogens with zero attached hydrogens (tertiary/aromatic N) is 1. The Labute approximate surface area is 106 Å². The molecule has 1 heterocycles. The second kappa shape index (κ2) is 7.88. The van der Waals surface area contributed by atoms with Crippen molar-refractivity contribution in [3.05, 3.63) is 0 Å². The number of nitrogens with one attached hydrogen (secondary N) is 1. The summed E-state index contributed by atoms with van der Waals surface area (Å²) in [7, 11) is 1.75. The topological polar surface area (TPSA) is 88.1 Å². The number of carbonyl (C=O) groups is 2. The molecule has 1 aliphatic heterocycles. The molecule has 0 bridgehead atoms. The Bertz CT molecular complexity index is 279. The molecule has 0 aromatic carbocycles. The highest BCUT2D eigenvalue weighted by Crippen LogP contribution is 2.12. The molecule has 0 atom stereocenters. The first-order valence-electron chi connectivity index (χ1n) is 5.99. The third-order valence-electron chi connectivity index (χ3n) is 2.81. The fourth-order valence-corrected chi connectivity index (χ4v) is 1.75. The molecule has 7 heteroatoms. The molecule has 0 aromatic rings. The van der Waals surface area contributed by atoms with Crippen molar-refractivity contribution in [3.8, 4) is 0 Å². The summed E-state index contributed by atoms with van der Waals surface area (Å²) in [5, 5.41) is 11.0. The average molecular weight is 260 g/mol. The SMILES string of the molecule is CN(C(=O)NCCOCC(=O)O)C1CCOCC1. The lowest BCUT2D eigenvalue weighted by Crippen LogP contribution is -2.46. The zero-order valence-electron chi connectivity index (χ0n) is 10.6. The minimum atomic E-state index is -1.01. The summed E-state index contributed by atoms with van der Waals surface area (Å²) in [6, 6.07) is 0.0412. The summed E-state index contributed by atoms with van der Waals surface area (Å²) in [4.78, 5) is 23.6. The number of aliphatic carboxylic acids is 1. The van der Waals surface area contributed by atoms with E-state index in [9.17, 15) is 9.59 Å². The Morgan fingerprint density at radius 3 is 2.72 bits per heavy atom. The summed E-state index contributed by atoms with van der Waals surface area (Å²) >= 11 is 0. The van der Waals surface area contributed by atoms with E-state index in [1.165, 1.54) is 0 Å². The number of carbonyl (C=O) groups excluding carboxylic acids is 1. The van der Waals surface area contributed by atoms with E-state index < -0.39 is 5.97 Å². The van der Waals surface area contributed by atoms with Gasteiger partial charge in [-0.1, -0.05) is 0 Å².